The molecule has 3 aliphatic rings. The first-order chi connectivity index (χ1) is 20.9. The molecule has 0 aliphatic carbocycles. The van der Waals surface area contributed by atoms with E-state index in [9.17, 15) is 0 Å². The van der Waals surface area contributed by atoms with E-state index < -0.39 is 0 Å². The maximum Gasteiger partial charge on any atom is 0.128 e. The fourth-order valence-corrected chi connectivity index (χ4v) is 7.49. The quantitative estimate of drug-likeness (QED) is 0.211. The summed E-state index contributed by atoms with van der Waals surface area (Å²) in [5.41, 5.74) is 7.87. The van der Waals surface area contributed by atoms with Gasteiger partial charge in [0.2, 0.25) is 0 Å². The van der Waals surface area contributed by atoms with E-state index in [1.165, 1.54) is 22.9 Å². The summed E-state index contributed by atoms with van der Waals surface area (Å²) in [6.07, 6.45) is 5.35. The van der Waals surface area contributed by atoms with Gasteiger partial charge in [0.15, 0.2) is 0 Å². The van der Waals surface area contributed by atoms with Crippen LogP contribution in [0.5, 0.6) is 5.75 Å². The van der Waals surface area contributed by atoms with Crippen LogP contribution in [0.25, 0.3) is 44.2 Å². The molecule has 0 bridgehead atoms. The molecule has 3 N–H and O–H groups in total. The summed E-state index contributed by atoms with van der Waals surface area (Å²) in [6, 6.07) is 16.0. The predicted octanol–water partition coefficient (Wildman–Crippen LogP) is 6.90. The van der Waals surface area contributed by atoms with Gasteiger partial charge in [-0.05, 0) is 98.8 Å². The average molecular weight is 577 g/mol. The summed E-state index contributed by atoms with van der Waals surface area (Å²) in [5.74, 6) is 3.50. The molecule has 2 aromatic heterocycles. The Bertz CT molecular complexity index is 1830. The van der Waals surface area contributed by atoms with E-state index in [0.717, 1.165) is 83.2 Å². The minimum atomic E-state index is 0.0548. The number of nitrogens with zero attached hydrogens (tertiary/aromatic N) is 3. The van der Waals surface area contributed by atoms with Crippen molar-refractivity contribution in [3.63, 3.8) is 0 Å². The van der Waals surface area contributed by atoms with Gasteiger partial charge in [-0.25, -0.2) is 9.97 Å². The van der Waals surface area contributed by atoms with Gasteiger partial charge in [-0.15, -0.1) is 0 Å². The zero-order valence-corrected chi connectivity index (χ0v) is 25.5. The molecule has 3 aliphatic heterocycles. The summed E-state index contributed by atoms with van der Waals surface area (Å²) in [4.78, 5) is 19.7. The van der Waals surface area contributed by atoms with Gasteiger partial charge in [-0.3, -0.25) is 4.90 Å². The summed E-state index contributed by atoms with van der Waals surface area (Å²) in [6.45, 7) is 10.2. The lowest BCUT2D eigenvalue weighted by molar-refractivity contribution is 0.105. The molecule has 0 spiro atoms. The number of fused-ring (bicyclic) bond motifs is 6. The zero-order valence-electron chi connectivity index (χ0n) is 25.5. The van der Waals surface area contributed by atoms with Crippen LogP contribution in [0.15, 0.2) is 48.7 Å². The second-order valence-electron chi connectivity index (χ2n) is 13.5. The molecule has 0 saturated carbocycles. The number of rotatable bonds is 5. The van der Waals surface area contributed by atoms with Crippen LogP contribution in [0.4, 0.5) is 0 Å². The number of hydrogen-bond donors (Lipinski definition) is 3. The van der Waals surface area contributed by atoms with Gasteiger partial charge in [0.1, 0.15) is 24.0 Å². The maximum atomic E-state index is 6.38. The van der Waals surface area contributed by atoms with Crippen LogP contribution >= 0.6 is 0 Å². The molecule has 2 saturated heterocycles. The molecule has 2 fully saturated rings. The molecule has 5 aromatic rings. The Morgan fingerprint density at radius 1 is 1.05 bits per heavy atom. The molecular formula is C35H40N6O2. The number of H-pyrrole nitrogens is 2. The highest BCUT2D eigenvalue weighted by molar-refractivity contribution is 6.07. The van der Waals surface area contributed by atoms with Crippen molar-refractivity contribution in [1.29, 1.82) is 0 Å². The lowest BCUT2D eigenvalue weighted by atomic mass is 9.92. The van der Waals surface area contributed by atoms with Gasteiger partial charge in [-0.1, -0.05) is 18.2 Å². The van der Waals surface area contributed by atoms with Crippen LogP contribution in [-0.4, -0.2) is 57.2 Å². The SMILES string of the molecule is COC[C@H]1C[C@@H](c2ncc(-c3ccc4c(c3)COc3cc5c(ccc6[nH]c([C@@H]7CCCN7)nc65)cc3-4)[nH]2)N(C(C)(C)C)C1. The number of imidazole rings is 2. The largest absolute Gasteiger partial charge is 0.488 e. The van der Waals surface area contributed by atoms with Crippen LogP contribution < -0.4 is 10.1 Å². The highest BCUT2D eigenvalue weighted by Gasteiger charge is 2.40. The van der Waals surface area contributed by atoms with Crippen molar-refractivity contribution in [3.05, 3.63) is 65.9 Å². The number of ether oxygens (including phenoxy) is 2. The minimum absolute atomic E-state index is 0.0548. The standard InChI is InChI=1S/C35H40N6O2/c1-35(2,3)41-17-20(18-42-4)12-30(41)34-37-16-29(39-34)22-7-9-24-23(13-22)19-43-31-15-25-21(14-26(24)31)8-10-27-32(25)40-33(38-27)28-6-5-11-36-28/h7-10,13-16,20,28,30,36H,5-6,11-12,17-19H2,1-4H3,(H,37,39)(H,38,40)/t20-,28-,30-/m0/s1. The first-order valence-corrected chi connectivity index (χ1v) is 15.6. The van der Waals surface area contributed by atoms with E-state index in [0.29, 0.717) is 18.6 Å². The van der Waals surface area contributed by atoms with Crippen molar-refractivity contribution in [3.8, 4) is 28.1 Å². The second kappa shape index (κ2) is 10.2. The zero-order chi connectivity index (χ0) is 29.3. The van der Waals surface area contributed by atoms with Gasteiger partial charge < -0.3 is 24.8 Å². The first kappa shape index (κ1) is 26.9. The summed E-state index contributed by atoms with van der Waals surface area (Å²) >= 11 is 0. The van der Waals surface area contributed by atoms with Crippen molar-refractivity contribution in [1.82, 2.24) is 30.2 Å². The highest BCUT2D eigenvalue weighted by atomic mass is 16.5. The minimum Gasteiger partial charge on any atom is -0.488 e. The van der Waals surface area contributed by atoms with Crippen LogP contribution in [0, 0.1) is 5.92 Å². The number of methoxy groups -OCH3 is 1. The normalized spacial score (nSPS) is 22.3. The fourth-order valence-electron chi connectivity index (χ4n) is 7.49. The fraction of sp³-hybridized carbons (Fsp3) is 0.429. The van der Waals surface area contributed by atoms with Gasteiger partial charge in [0.25, 0.3) is 0 Å². The number of hydrogen-bond acceptors (Lipinski definition) is 6. The van der Waals surface area contributed by atoms with E-state index >= 15 is 0 Å². The van der Waals surface area contributed by atoms with E-state index in [2.05, 4.69) is 83.4 Å². The third-order valence-electron chi connectivity index (χ3n) is 9.63. The molecule has 3 aromatic carbocycles. The summed E-state index contributed by atoms with van der Waals surface area (Å²) in [5, 5.41) is 5.86. The lowest BCUT2D eigenvalue weighted by Gasteiger charge is -2.36. The Morgan fingerprint density at radius 2 is 1.95 bits per heavy atom. The van der Waals surface area contributed by atoms with E-state index in [1.807, 2.05) is 6.20 Å². The average Bonchev–Trinajstić information content (AvgIpc) is 3.81. The molecule has 0 amide bonds. The summed E-state index contributed by atoms with van der Waals surface area (Å²) < 4.78 is 11.9. The van der Waals surface area contributed by atoms with Crippen molar-refractivity contribution >= 4 is 21.8 Å². The van der Waals surface area contributed by atoms with E-state index in [4.69, 9.17) is 19.4 Å². The third-order valence-corrected chi connectivity index (χ3v) is 9.63. The van der Waals surface area contributed by atoms with Crippen molar-refractivity contribution in [2.75, 3.05) is 26.8 Å². The Balaban J connectivity index is 1.10. The second-order valence-corrected chi connectivity index (χ2v) is 13.5. The summed E-state index contributed by atoms with van der Waals surface area (Å²) in [7, 11) is 1.79. The molecule has 222 valence electrons. The Hall–Kier alpha value is -3.72. The smallest absolute Gasteiger partial charge is 0.128 e. The molecule has 0 radical (unpaired) electrons. The predicted molar refractivity (Wildman–Crippen MR) is 170 cm³/mol. The molecule has 3 atom stereocenters. The number of likely N-dealkylation sites (tertiary alicyclic amines) is 1. The molecule has 8 nitrogen and oxygen atoms in total. The number of nitrogens with one attached hydrogen (secondary N) is 3. The van der Waals surface area contributed by atoms with Gasteiger partial charge in [0.05, 0.1) is 41.6 Å². The van der Waals surface area contributed by atoms with Crippen molar-refractivity contribution < 1.29 is 9.47 Å². The monoisotopic (exact) mass is 576 g/mol. The maximum absolute atomic E-state index is 6.38. The van der Waals surface area contributed by atoms with Crippen LogP contribution in [0.3, 0.4) is 0 Å². The number of benzene rings is 3. The Labute approximate surface area is 252 Å². The first-order valence-electron chi connectivity index (χ1n) is 15.6. The van der Waals surface area contributed by atoms with Crippen LogP contribution in [0.2, 0.25) is 0 Å². The molecule has 43 heavy (non-hydrogen) atoms. The van der Waals surface area contributed by atoms with Gasteiger partial charge >= 0.3 is 0 Å². The van der Waals surface area contributed by atoms with Crippen LogP contribution in [0.1, 0.15) is 69.3 Å². The lowest BCUT2D eigenvalue weighted by Crippen LogP contribution is -2.41. The van der Waals surface area contributed by atoms with E-state index in [-0.39, 0.29) is 11.6 Å². The molecule has 0 unspecified atom stereocenters. The molecule has 8 rings (SSSR count). The van der Waals surface area contributed by atoms with Gasteiger partial charge in [0, 0.05) is 30.1 Å². The van der Waals surface area contributed by atoms with Gasteiger partial charge in [-0.2, -0.15) is 0 Å². The van der Waals surface area contributed by atoms with Crippen LogP contribution in [-0.2, 0) is 11.3 Å². The van der Waals surface area contributed by atoms with Crippen molar-refractivity contribution in [2.24, 2.45) is 5.92 Å². The number of aromatic nitrogens is 4. The molecular weight excluding hydrogens is 536 g/mol. The van der Waals surface area contributed by atoms with Crippen molar-refractivity contribution in [2.45, 2.75) is 64.3 Å². The number of aromatic amines is 2. The molecule has 8 heteroatoms. The van der Waals surface area contributed by atoms with E-state index in [1.54, 1.807) is 7.11 Å². The Morgan fingerprint density at radius 3 is 2.77 bits per heavy atom. The highest BCUT2D eigenvalue weighted by Crippen LogP contribution is 2.43. The topological polar surface area (TPSA) is 91.1 Å². The third kappa shape index (κ3) is 4.63. The Kier molecular flexibility index (Phi) is 6.36. The molecule has 5 heterocycles.